The van der Waals surface area contributed by atoms with Gasteiger partial charge in [-0.15, -0.1) is 0 Å². The Labute approximate surface area is 90.0 Å². The lowest BCUT2D eigenvalue weighted by Gasteiger charge is -2.24. The Bertz CT molecular complexity index is 316. The molecule has 4 nitrogen and oxygen atoms in total. The van der Waals surface area contributed by atoms with Gasteiger partial charge in [0.15, 0.2) is 5.70 Å². The number of hydrogen-bond donors (Lipinski definition) is 1. The minimum atomic E-state index is 0.862. The van der Waals surface area contributed by atoms with E-state index in [-0.39, 0.29) is 0 Å². The molecular formula is C11H17N3O+. The molecule has 0 amide bonds. The van der Waals surface area contributed by atoms with Crippen molar-refractivity contribution in [3.8, 4) is 0 Å². The van der Waals surface area contributed by atoms with Crippen molar-refractivity contribution in [3.63, 3.8) is 0 Å². The number of nitrogens with zero attached hydrogens (tertiary/aromatic N) is 2. The zero-order valence-electron chi connectivity index (χ0n) is 8.96. The second-order valence-electron chi connectivity index (χ2n) is 4.35. The molecule has 3 rings (SSSR count). The van der Waals surface area contributed by atoms with Crippen LogP contribution < -0.4 is 10.3 Å². The van der Waals surface area contributed by atoms with Gasteiger partial charge in [0.1, 0.15) is 12.2 Å². The molecule has 0 bridgehead atoms. The first kappa shape index (κ1) is 9.36. The molecule has 1 fully saturated rings. The molecule has 0 saturated carbocycles. The Morgan fingerprint density at radius 1 is 1.27 bits per heavy atom. The summed E-state index contributed by atoms with van der Waals surface area (Å²) in [4.78, 5) is 7.05. The summed E-state index contributed by atoms with van der Waals surface area (Å²) in [6, 6.07) is 0. The minimum absolute atomic E-state index is 0.862. The Balaban J connectivity index is 1.57. The van der Waals surface area contributed by atoms with Crippen molar-refractivity contribution in [2.75, 3.05) is 32.8 Å². The molecule has 1 N–H and O–H groups in total. The van der Waals surface area contributed by atoms with Gasteiger partial charge >= 0.3 is 5.84 Å². The van der Waals surface area contributed by atoms with E-state index < -0.39 is 0 Å². The molecule has 1 aliphatic carbocycles. The number of allylic oxidation sites excluding steroid dienone is 2. The molecule has 0 aromatic heterocycles. The summed E-state index contributed by atoms with van der Waals surface area (Å²) in [5.41, 5.74) is 2.68. The molecule has 15 heavy (non-hydrogen) atoms. The van der Waals surface area contributed by atoms with Gasteiger partial charge in [-0.2, -0.15) is 0 Å². The largest absolute Gasteiger partial charge is 0.379 e. The number of nitrogens with one attached hydrogen (secondary N) is 1. The van der Waals surface area contributed by atoms with E-state index in [4.69, 9.17) is 4.74 Å². The first-order valence-electron chi connectivity index (χ1n) is 5.78. The third-order valence-corrected chi connectivity index (χ3v) is 3.23. The summed E-state index contributed by atoms with van der Waals surface area (Å²) < 4.78 is 5.33. The fraction of sp³-hybridized carbons (Fsp3) is 0.727. The summed E-state index contributed by atoms with van der Waals surface area (Å²) >= 11 is 0. The van der Waals surface area contributed by atoms with Crippen molar-refractivity contribution in [1.29, 1.82) is 0 Å². The van der Waals surface area contributed by atoms with Crippen LogP contribution in [0.4, 0.5) is 0 Å². The number of hydrogen-bond acceptors (Lipinski definition) is 4. The Hall–Kier alpha value is -0.870. The van der Waals surface area contributed by atoms with Crippen molar-refractivity contribution >= 4 is 5.84 Å². The second-order valence-corrected chi connectivity index (χ2v) is 4.35. The zero-order valence-corrected chi connectivity index (χ0v) is 8.96. The lowest BCUT2D eigenvalue weighted by atomic mass is 10.3. The van der Waals surface area contributed by atoms with Crippen molar-refractivity contribution in [1.82, 2.24) is 15.2 Å². The lowest BCUT2D eigenvalue weighted by molar-refractivity contribution is 0.0450. The van der Waals surface area contributed by atoms with Crippen LogP contribution in [0.1, 0.15) is 19.3 Å². The highest BCUT2D eigenvalue weighted by molar-refractivity contribution is 5.87. The van der Waals surface area contributed by atoms with Crippen molar-refractivity contribution in [2.24, 2.45) is 0 Å². The maximum atomic E-state index is 5.33. The maximum Gasteiger partial charge on any atom is 0.311 e. The third-order valence-electron chi connectivity index (χ3n) is 3.23. The average molecular weight is 207 g/mol. The van der Waals surface area contributed by atoms with E-state index in [1.165, 1.54) is 24.2 Å². The summed E-state index contributed by atoms with van der Waals surface area (Å²) in [6.45, 7) is 4.74. The maximum absolute atomic E-state index is 5.33. The van der Waals surface area contributed by atoms with E-state index >= 15 is 0 Å². The summed E-state index contributed by atoms with van der Waals surface area (Å²) in [5.74, 6) is 1.14. The van der Waals surface area contributed by atoms with E-state index in [1.807, 2.05) is 0 Å². The van der Waals surface area contributed by atoms with Gasteiger partial charge in [0, 0.05) is 25.9 Å². The van der Waals surface area contributed by atoms with Gasteiger partial charge in [-0.05, 0) is 11.4 Å². The Kier molecular flexibility index (Phi) is 2.46. The number of ether oxygens (including phenoxy) is 1. The van der Waals surface area contributed by atoms with Crippen LogP contribution in [-0.2, 0) is 4.74 Å². The number of rotatable bonds is 2. The van der Waals surface area contributed by atoms with E-state index in [2.05, 4.69) is 15.2 Å². The Morgan fingerprint density at radius 3 is 2.93 bits per heavy atom. The first-order valence-corrected chi connectivity index (χ1v) is 5.78. The molecule has 0 spiro atoms. The van der Waals surface area contributed by atoms with Crippen LogP contribution >= 0.6 is 0 Å². The monoisotopic (exact) mass is 207 g/mol. The predicted octanol–water partition coefficient (Wildman–Crippen LogP) is 0.0516. The topological polar surface area (TPSA) is 38.6 Å². The summed E-state index contributed by atoms with van der Waals surface area (Å²) in [7, 11) is 0. The molecule has 1 saturated heterocycles. The minimum Gasteiger partial charge on any atom is -0.379 e. The van der Waals surface area contributed by atoms with Gasteiger partial charge in [0.05, 0.1) is 13.2 Å². The van der Waals surface area contributed by atoms with Gasteiger partial charge in [-0.25, -0.2) is 5.32 Å². The van der Waals surface area contributed by atoms with Crippen LogP contribution in [0, 0.1) is 0 Å². The quantitative estimate of drug-likeness (QED) is 0.695. The van der Waals surface area contributed by atoms with Crippen molar-refractivity contribution in [3.05, 3.63) is 11.4 Å². The summed E-state index contributed by atoms with van der Waals surface area (Å²) in [5, 5.41) is 3.45. The molecule has 0 aromatic rings. The summed E-state index contributed by atoms with van der Waals surface area (Å²) in [6.07, 6.45) is 3.62. The molecule has 1 radical (unpaired) electrons. The fourth-order valence-electron chi connectivity index (χ4n) is 2.40. The van der Waals surface area contributed by atoms with Crippen LogP contribution in [0.25, 0.3) is 0 Å². The molecule has 4 heteroatoms. The van der Waals surface area contributed by atoms with E-state index in [0.29, 0.717) is 0 Å². The highest BCUT2D eigenvalue weighted by Crippen LogP contribution is 2.24. The van der Waals surface area contributed by atoms with E-state index in [1.54, 1.807) is 0 Å². The van der Waals surface area contributed by atoms with Crippen LogP contribution in [0.2, 0.25) is 0 Å². The van der Waals surface area contributed by atoms with Crippen LogP contribution in [0.3, 0.4) is 0 Å². The molecule has 0 atom stereocenters. The number of amidine groups is 1. The third kappa shape index (κ3) is 1.92. The van der Waals surface area contributed by atoms with Gasteiger partial charge in [0.2, 0.25) is 0 Å². The second kappa shape index (κ2) is 3.94. The number of aliphatic imine (C=N–C) groups is 1. The van der Waals surface area contributed by atoms with E-state index in [9.17, 15) is 0 Å². The Morgan fingerprint density at radius 2 is 2.13 bits per heavy atom. The van der Waals surface area contributed by atoms with Crippen molar-refractivity contribution in [2.45, 2.75) is 19.3 Å². The van der Waals surface area contributed by atoms with Crippen LogP contribution in [0.15, 0.2) is 11.4 Å². The molecule has 0 unspecified atom stereocenters. The molecule has 81 valence electrons. The highest BCUT2D eigenvalue weighted by Gasteiger charge is 2.32. The fourth-order valence-corrected chi connectivity index (χ4v) is 2.40. The number of morpholine rings is 1. The van der Waals surface area contributed by atoms with Crippen LogP contribution in [-0.4, -0.2) is 43.6 Å². The first-order chi connectivity index (χ1) is 7.42. The molecule has 2 heterocycles. The zero-order chi connectivity index (χ0) is 10.1. The normalized spacial score (nSPS) is 26.5. The smallest absolute Gasteiger partial charge is 0.311 e. The van der Waals surface area contributed by atoms with Gasteiger partial charge in [-0.1, -0.05) is 0 Å². The van der Waals surface area contributed by atoms with E-state index in [0.717, 1.165) is 45.1 Å². The molecular weight excluding hydrogens is 190 g/mol. The van der Waals surface area contributed by atoms with Gasteiger partial charge in [0.25, 0.3) is 0 Å². The standard InChI is InChI=1S/C11H17N3O/c1-2-9-10(3-1)13-11(12-9)8-14-4-6-15-7-5-14/h12H,1-8H2/q+1. The predicted molar refractivity (Wildman–Crippen MR) is 58.4 cm³/mol. The highest BCUT2D eigenvalue weighted by atomic mass is 16.5. The molecule has 3 aliphatic rings. The van der Waals surface area contributed by atoms with Crippen LogP contribution in [0.5, 0.6) is 0 Å². The van der Waals surface area contributed by atoms with Gasteiger partial charge in [-0.3, -0.25) is 4.90 Å². The molecule has 2 aliphatic heterocycles. The van der Waals surface area contributed by atoms with Gasteiger partial charge < -0.3 is 4.74 Å². The lowest BCUT2D eigenvalue weighted by Crippen LogP contribution is -2.43. The SMILES string of the molecule is C1CC2=C(C1)NC(CN1CCOCC1)=[N+]2. The average Bonchev–Trinajstić information content (AvgIpc) is 2.79. The van der Waals surface area contributed by atoms with Crippen molar-refractivity contribution < 1.29 is 4.74 Å². The molecule has 0 aromatic carbocycles.